The highest BCUT2D eigenvalue weighted by Gasteiger charge is 2.18. The molecule has 2 rings (SSSR count). The summed E-state index contributed by atoms with van der Waals surface area (Å²) < 4.78 is 0. The summed E-state index contributed by atoms with van der Waals surface area (Å²) in [5.74, 6) is 0. The topological polar surface area (TPSA) is 37.0 Å². The maximum Gasteiger partial charge on any atom is 0.183 e. The lowest BCUT2D eigenvalue weighted by Gasteiger charge is -2.07. The van der Waals surface area contributed by atoms with Crippen LogP contribution in [0.3, 0.4) is 0 Å². The summed E-state index contributed by atoms with van der Waals surface area (Å²) >= 11 is 1.70. The first kappa shape index (κ1) is 9.93. The van der Waals surface area contributed by atoms with Crippen LogP contribution in [0, 0.1) is 0 Å². The molecule has 1 fully saturated rings. The molecule has 1 aliphatic heterocycles. The highest BCUT2D eigenvalue weighted by Crippen LogP contribution is 2.26. The standard InChI is InChI=1S/C10H17N3S/c1-7(2)12-10-13-9(6-14-10)8-4-3-5-11-8/h6-8,11H,3-5H2,1-2H3,(H,12,13). The predicted octanol–water partition coefficient (Wildman–Crippen LogP) is 2.39. The summed E-state index contributed by atoms with van der Waals surface area (Å²) in [4.78, 5) is 4.58. The van der Waals surface area contributed by atoms with Gasteiger partial charge in [0.2, 0.25) is 0 Å². The molecule has 0 aromatic carbocycles. The van der Waals surface area contributed by atoms with Gasteiger partial charge in [0, 0.05) is 11.4 Å². The van der Waals surface area contributed by atoms with E-state index in [0.29, 0.717) is 12.1 Å². The van der Waals surface area contributed by atoms with Gasteiger partial charge in [-0.3, -0.25) is 0 Å². The average Bonchev–Trinajstić information content (AvgIpc) is 2.69. The van der Waals surface area contributed by atoms with E-state index < -0.39 is 0 Å². The molecule has 1 saturated heterocycles. The molecule has 4 heteroatoms. The molecule has 0 bridgehead atoms. The van der Waals surface area contributed by atoms with Crippen molar-refractivity contribution >= 4 is 16.5 Å². The second-order valence-corrected chi connectivity index (χ2v) is 4.88. The van der Waals surface area contributed by atoms with Crippen molar-refractivity contribution in [1.29, 1.82) is 0 Å². The summed E-state index contributed by atoms with van der Waals surface area (Å²) in [6.07, 6.45) is 2.50. The van der Waals surface area contributed by atoms with Crippen molar-refractivity contribution in [2.75, 3.05) is 11.9 Å². The maximum atomic E-state index is 4.58. The van der Waals surface area contributed by atoms with Crippen LogP contribution in [0.2, 0.25) is 0 Å². The Morgan fingerprint density at radius 2 is 2.50 bits per heavy atom. The van der Waals surface area contributed by atoms with Gasteiger partial charge in [-0.2, -0.15) is 0 Å². The van der Waals surface area contributed by atoms with Gasteiger partial charge in [-0.25, -0.2) is 4.98 Å². The number of nitrogens with zero attached hydrogens (tertiary/aromatic N) is 1. The quantitative estimate of drug-likeness (QED) is 0.806. The molecule has 1 aliphatic rings. The third-order valence-corrected chi connectivity index (χ3v) is 3.14. The van der Waals surface area contributed by atoms with E-state index in [-0.39, 0.29) is 0 Å². The number of nitrogens with one attached hydrogen (secondary N) is 2. The molecule has 0 spiro atoms. The first-order valence-electron chi connectivity index (χ1n) is 5.21. The fourth-order valence-corrected chi connectivity index (χ4v) is 2.61. The number of hydrogen-bond donors (Lipinski definition) is 2. The lowest BCUT2D eigenvalue weighted by molar-refractivity contribution is 0.632. The first-order valence-corrected chi connectivity index (χ1v) is 6.09. The van der Waals surface area contributed by atoms with Gasteiger partial charge >= 0.3 is 0 Å². The van der Waals surface area contributed by atoms with Crippen LogP contribution in [0.4, 0.5) is 5.13 Å². The predicted molar refractivity (Wildman–Crippen MR) is 60.9 cm³/mol. The highest BCUT2D eigenvalue weighted by atomic mass is 32.1. The molecule has 14 heavy (non-hydrogen) atoms. The van der Waals surface area contributed by atoms with Crippen molar-refractivity contribution in [1.82, 2.24) is 10.3 Å². The Hall–Kier alpha value is -0.610. The molecule has 1 unspecified atom stereocenters. The summed E-state index contributed by atoms with van der Waals surface area (Å²) in [7, 11) is 0. The van der Waals surface area contributed by atoms with Crippen molar-refractivity contribution in [3.8, 4) is 0 Å². The number of thiazole rings is 1. The fraction of sp³-hybridized carbons (Fsp3) is 0.700. The molecule has 0 aliphatic carbocycles. The SMILES string of the molecule is CC(C)Nc1nc(C2CCCN2)cs1. The van der Waals surface area contributed by atoms with Crippen molar-refractivity contribution in [3.05, 3.63) is 11.1 Å². The largest absolute Gasteiger partial charge is 0.359 e. The number of anilines is 1. The second kappa shape index (κ2) is 4.28. The summed E-state index contributed by atoms with van der Waals surface area (Å²) in [6.45, 7) is 5.40. The fourth-order valence-electron chi connectivity index (χ4n) is 1.70. The summed E-state index contributed by atoms with van der Waals surface area (Å²) in [6, 6.07) is 0.958. The third kappa shape index (κ3) is 2.25. The van der Waals surface area contributed by atoms with Gasteiger partial charge in [0.25, 0.3) is 0 Å². The number of hydrogen-bond acceptors (Lipinski definition) is 4. The minimum Gasteiger partial charge on any atom is -0.359 e. The van der Waals surface area contributed by atoms with Gasteiger partial charge in [-0.15, -0.1) is 11.3 Å². The van der Waals surface area contributed by atoms with E-state index in [1.54, 1.807) is 11.3 Å². The van der Waals surface area contributed by atoms with Crippen LogP contribution in [0.1, 0.15) is 38.4 Å². The molecule has 1 atom stereocenters. The van der Waals surface area contributed by atoms with Crippen LogP contribution in [0.5, 0.6) is 0 Å². The Bertz CT molecular complexity index is 289. The second-order valence-electron chi connectivity index (χ2n) is 4.03. The molecule has 1 aromatic rings. The maximum absolute atomic E-state index is 4.58. The van der Waals surface area contributed by atoms with Gasteiger partial charge in [0.1, 0.15) is 0 Å². The average molecular weight is 211 g/mol. The van der Waals surface area contributed by atoms with Crippen molar-refractivity contribution in [2.45, 2.75) is 38.8 Å². The highest BCUT2D eigenvalue weighted by molar-refractivity contribution is 7.13. The van der Waals surface area contributed by atoms with E-state index in [1.165, 1.54) is 18.5 Å². The third-order valence-electron chi connectivity index (χ3n) is 2.35. The zero-order chi connectivity index (χ0) is 9.97. The molecule has 0 radical (unpaired) electrons. The Balaban J connectivity index is 2.01. The van der Waals surface area contributed by atoms with Crippen LogP contribution in [-0.4, -0.2) is 17.6 Å². The van der Waals surface area contributed by atoms with Crippen molar-refractivity contribution in [2.24, 2.45) is 0 Å². The van der Waals surface area contributed by atoms with Crippen molar-refractivity contribution in [3.63, 3.8) is 0 Å². The van der Waals surface area contributed by atoms with Gasteiger partial charge in [-0.1, -0.05) is 0 Å². The minimum atomic E-state index is 0.463. The zero-order valence-electron chi connectivity index (χ0n) is 8.71. The molecule has 0 saturated carbocycles. The zero-order valence-corrected chi connectivity index (χ0v) is 9.53. The number of rotatable bonds is 3. The van der Waals surface area contributed by atoms with E-state index in [0.717, 1.165) is 11.7 Å². The van der Waals surface area contributed by atoms with Gasteiger partial charge in [0.15, 0.2) is 5.13 Å². The Kier molecular flexibility index (Phi) is 3.03. The van der Waals surface area contributed by atoms with E-state index >= 15 is 0 Å². The van der Waals surface area contributed by atoms with Gasteiger partial charge < -0.3 is 10.6 Å². The van der Waals surface area contributed by atoms with E-state index in [4.69, 9.17) is 0 Å². The van der Waals surface area contributed by atoms with Crippen LogP contribution in [0.15, 0.2) is 5.38 Å². The van der Waals surface area contributed by atoms with Crippen LogP contribution >= 0.6 is 11.3 Å². The van der Waals surface area contributed by atoms with Gasteiger partial charge in [0.05, 0.1) is 11.7 Å². The Morgan fingerprint density at radius 1 is 1.64 bits per heavy atom. The molecule has 0 amide bonds. The minimum absolute atomic E-state index is 0.463. The molecule has 1 aromatic heterocycles. The Morgan fingerprint density at radius 3 is 3.14 bits per heavy atom. The molecule has 2 heterocycles. The molecule has 2 N–H and O–H groups in total. The molecular weight excluding hydrogens is 194 g/mol. The van der Waals surface area contributed by atoms with Gasteiger partial charge in [-0.05, 0) is 33.2 Å². The Labute approximate surface area is 88.9 Å². The van der Waals surface area contributed by atoms with Crippen LogP contribution in [-0.2, 0) is 0 Å². The monoisotopic (exact) mass is 211 g/mol. The summed E-state index contributed by atoms with van der Waals surface area (Å²) in [5.41, 5.74) is 1.20. The number of aromatic nitrogens is 1. The van der Waals surface area contributed by atoms with E-state index in [9.17, 15) is 0 Å². The lowest BCUT2D eigenvalue weighted by Crippen LogP contribution is -2.14. The smallest absolute Gasteiger partial charge is 0.183 e. The van der Waals surface area contributed by atoms with E-state index in [1.807, 2.05) is 0 Å². The molecular formula is C10H17N3S. The summed E-state index contributed by atoms with van der Waals surface area (Å²) in [5, 5.41) is 9.99. The van der Waals surface area contributed by atoms with Crippen LogP contribution < -0.4 is 10.6 Å². The molecule has 3 nitrogen and oxygen atoms in total. The normalized spacial score (nSPS) is 21.8. The van der Waals surface area contributed by atoms with E-state index in [2.05, 4.69) is 34.8 Å². The lowest BCUT2D eigenvalue weighted by atomic mass is 10.2. The molecule has 78 valence electrons. The first-order chi connectivity index (χ1) is 6.75. The van der Waals surface area contributed by atoms with Crippen LogP contribution in [0.25, 0.3) is 0 Å². The van der Waals surface area contributed by atoms with Crippen molar-refractivity contribution < 1.29 is 0 Å².